The minimum atomic E-state index is -0.469. The molecule has 1 fully saturated rings. The summed E-state index contributed by atoms with van der Waals surface area (Å²) in [5.41, 5.74) is 0.806. The van der Waals surface area contributed by atoms with Crippen molar-refractivity contribution in [3.63, 3.8) is 0 Å². The zero-order chi connectivity index (χ0) is 12.1. The normalized spacial score (nSPS) is 16.5. The van der Waals surface area contributed by atoms with Crippen molar-refractivity contribution in [3.8, 4) is 5.75 Å². The van der Waals surface area contributed by atoms with Crippen LogP contribution in [0.1, 0.15) is 31.2 Å². The second-order valence-corrected chi connectivity index (χ2v) is 4.19. The Morgan fingerprint density at radius 2 is 1.88 bits per heavy atom. The summed E-state index contributed by atoms with van der Waals surface area (Å²) in [5, 5.41) is 10.2. The van der Waals surface area contributed by atoms with Gasteiger partial charge in [-0.15, -0.1) is 0 Å². The van der Waals surface area contributed by atoms with Gasteiger partial charge in [0, 0.05) is 6.08 Å². The molecule has 1 saturated carbocycles. The van der Waals surface area contributed by atoms with Gasteiger partial charge in [0.15, 0.2) is 0 Å². The van der Waals surface area contributed by atoms with E-state index in [0.29, 0.717) is 6.10 Å². The van der Waals surface area contributed by atoms with Gasteiger partial charge in [-0.2, -0.15) is 0 Å². The number of hydrogen-bond donors (Lipinski definition) is 0. The molecule has 0 aliphatic heterocycles. The molecule has 0 amide bonds. The van der Waals surface area contributed by atoms with E-state index in [9.17, 15) is 10.1 Å². The van der Waals surface area contributed by atoms with Crippen LogP contribution in [0.4, 0.5) is 0 Å². The molecule has 1 aliphatic carbocycles. The first-order chi connectivity index (χ1) is 8.24. The van der Waals surface area contributed by atoms with E-state index in [4.69, 9.17) is 4.74 Å². The number of benzene rings is 1. The predicted octanol–water partition coefficient (Wildman–Crippen LogP) is 3.26. The van der Waals surface area contributed by atoms with Crippen molar-refractivity contribution in [3.05, 3.63) is 46.1 Å². The smallest absolute Gasteiger partial charge is 0.235 e. The lowest BCUT2D eigenvalue weighted by atomic mass is 10.2. The number of hydrogen-bond acceptors (Lipinski definition) is 3. The third-order valence-electron chi connectivity index (χ3n) is 2.87. The van der Waals surface area contributed by atoms with Crippen molar-refractivity contribution in [2.45, 2.75) is 31.8 Å². The van der Waals surface area contributed by atoms with E-state index in [0.717, 1.165) is 30.4 Å². The molecule has 0 bridgehead atoms. The molecular weight excluding hydrogens is 218 g/mol. The first-order valence-electron chi connectivity index (χ1n) is 5.82. The molecule has 0 N–H and O–H groups in total. The molecule has 0 radical (unpaired) electrons. The molecule has 0 spiro atoms. The van der Waals surface area contributed by atoms with Crippen LogP contribution in [0.5, 0.6) is 5.75 Å². The Kier molecular flexibility index (Phi) is 3.75. The van der Waals surface area contributed by atoms with Crippen LogP contribution in [0.3, 0.4) is 0 Å². The van der Waals surface area contributed by atoms with Crippen molar-refractivity contribution in [1.82, 2.24) is 0 Å². The molecule has 0 heterocycles. The van der Waals surface area contributed by atoms with E-state index in [1.54, 1.807) is 0 Å². The van der Waals surface area contributed by atoms with Gasteiger partial charge in [0.1, 0.15) is 5.75 Å². The minimum Gasteiger partial charge on any atom is -0.490 e. The molecule has 0 unspecified atom stereocenters. The highest BCUT2D eigenvalue weighted by molar-refractivity contribution is 5.49. The highest BCUT2D eigenvalue weighted by atomic mass is 16.6. The quantitative estimate of drug-likeness (QED) is 0.592. The molecule has 0 aromatic heterocycles. The summed E-state index contributed by atoms with van der Waals surface area (Å²) in [6, 6.07) is 7.37. The molecule has 4 heteroatoms. The van der Waals surface area contributed by atoms with E-state index < -0.39 is 4.92 Å². The van der Waals surface area contributed by atoms with Gasteiger partial charge in [-0.3, -0.25) is 10.1 Å². The lowest BCUT2D eigenvalue weighted by Crippen LogP contribution is -2.10. The molecule has 0 atom stereocenters. The monoisotopic (exact) mass is 233 g/mol. The summed E-state index contributed by atoms with van der Waals surface area (Å²) in [6.07, 6.45) is 7.50. The lowest BCUT2D eigenvalue weighted by Gasteiger charge is -2.12. The van der Waals surface area contributed by atoms with Gasteiger partial charge in [0.05, 0.1) is 11.0 Å². The third-order valence-corrected chi connectivity index (χ3v) is 2.87. The van der Waals surface area contributed by atoms with Gasteiger partial charge in [-0.25, -0.2) is 0 Å². The van der Waals surface area contributed by atoms with Gasteiger partial charge in [0.25, 0.3) is 0 Å². The van der Waals surface area contributed by atoms with Crippen LogP contribution in [0.15, 0.2) is 30.5 Å². The minimum absolute atomic E-state index is 0.343. The highest BCUT2D eigenvalue weighted by Gasteiger charge is 2.16. The molecule has 4 nitrogen and oxygen atoms in total. The zero-order valence-corrected chi connectivity index (χ0v) is 9.54. The highest BCUT2D eigenvalue weighted by Crippen LogP contribution is 2.24. The van der Waals surface area contributed by atoms with Crippen molar-refractivity contribution in [2.24, 2.45) is 0 Å². The fraction of sp³-hybridized carbons (Fsp3) is 0.385. The van der Waals surface area contributed by atoms with E-state index in [-0.39, 0.29) is 0 Å². The maximum absolute atomic E-state index is 10.2. The molecule has 90 valence electrons. The fourth-order valence-corrected chi connectivity index (χ4v) is 2.00. The van der Waals surface area contributed by atoms with Crippen LogP contribution in [0.2, 0.25) is 0 Å². The second-order valence-electron chi connectivity index (χ2n) is 4.19. The molecule has 2 rings (SSSR count). The maximum atomic E-state index is 10.2. The van der Waals surface area contributed by atoms with Crippen molar-refractivity contribution in [2.75, 3.05) is 0 Å². The first-order valence-corrected chi connectivity index (χ1v) is 5.82. The Morgan fingerprint density at radius 1 is 1.24 bits per heavy atom. The van der Waals surface area contributed by atoms with Gasteiger partial charge in [-0.05, 0) is 43.4 Å². The number of nitro groups is 1. The number of ether oxygens (including phenoxy) is 1. The maximum Gasteiger partial charge on any atom is 0.235 e. The van der Waals surface area contributed by atoms with E-state index in [1.165, 1.54) is 18.9 Å². The molecular formula is C13H15NO3. The van der Waals surface area contributed by atoms with Crippen LogP contribution in [0.25, 0.3) is 6.08 Å². The molecule has 17 heavy (non-hydrogen) atoms. The summed E-state index contributed by atoms with van der Waals surface area (Å²) < 4.78 is 5.80. The Hall–Kier alpha value is -1.84. The van der Waals surface area contributed by atoms with Crippen molar-refractivity contribution >= 4 is 6.08 Å². The fourth-order valence-electron chi connectivity index (χ4n) is 2.00. The molecule has 0 saturated heterocycles. The number of rotatable bonds is 4. The average molecular weight is 233 g/mol. The Balaban J connectivity index is 1.95. The third kappa shape index (κ3) is 3.59. The van der Waals surface area contributed by atoms with Crippen LogP contribution < -0.4 is 4.74 Å². The topological polar surface area (TPSA) is 52.4 Å². The van der Waals surface area contributed by atoms with Gasteiger partial charge >= 0.3 is 0 Å². The van der Waals surface area contributed by atoms with Crippen molar-refractivity contribution < 1.29 is 9.66 Å². The Bertz CT molecular complexity index is 405. The van der Waals surface area contributed by atoms with E-state index >= 15 is 0 Å². The van der Waals surface area contributed by atoms with Gasteiger partial charge in [0.2, 0.25) is 6.20 Å². The molecule has 1 aromatic rings. The van der Waals surface area contributed by atoms with Crippen LogP contribution in [0, 0.1) is 10.1 Å². The number of nitrogens with zero attached hydrogens (tertiary/aromatic N) is 1. The summed E-state index contributed by atoms with van der Waals surface area (Å²) in [4.78, 5) is 9.69. The Morgan fingerprint density at radius 3 is 2.47 bits per heavy atom. The van der Waals surface area contributed by atoms with Gasteiger partial charge < -0.3 is 4.74 Å². The SMILES string of the molecule is O=[N+]([O-])/C=C/c1ccc(OC2CCCC2)cc1. The van der Waals surface area contributed by atoms with Gasteiger partial charge in [-0.1, -0.05) is 12.1 Å². The van der Waals surface area contributed by atoms with Crippen LogP contribution in [-0.2, 0) is 0 Å². The van der Waals surface area contributed by atoms with Crippen molar-refractivity contribution in [1.29, 1.82) is 0 Å². The largest absolute Gasteiger partial charge is 0.490 e. The zero-order valence-electron chi connectivity index (χ0n) is 9.54. The van der Waals surface area contributed by atoms with Crippen LogP contribution >= 0.6 is 0 Å². The van der Waals surface area contributed by atoms with E-state index in [2.05, 4.69) is 0 Å². The van der Waals surface area contributed by atoms with E-state index in [1.807, 2.05) is 24.3 Å². The second kappa shape index (κ2) is 5.48. The summed E-state index contributed by atoms with van der Waals surface area (Å²) in [6.45, 7) is 0. The molecule has 1 aliphatic rings. The average Bonchev–Trinajstić information content (AvgIpc) is 2.81. The summed E-state index contributed by atoms with van der Waals surface area (Å²) in [5.74, 6) is 0.843. The summed E-state index contributed by atoms with van der Waals surface area (Å²) in [7, 11) is 0. The lowest BCUT2D eigenvalue weighted by molar-refractivity contribution is -0.400. The standard InChI is InChI=1S/C13H15NO3/c15-14(16)10-9-11-5-7-13(8-6-11)17-12-3-1-2-4-12/h5-10,12H,1-4H2/b10-9+. The molecule has 1 aromatic carbocycles. The van der Waals surface area contributed by atoms with Crippen LogP contribution in [-0.4, -0.2) is 11.0 Å². The first kappa shape index (κ1) is 11.6. The summed E-state index contributed by atoms with van der Waals surface area (Å²) >= 11 is 0. The predicted molar refractivity (Wildman–Crippen MR) is 65.4 cm³/mol. The Labute approximate surface area is 100 Å².